The van der Waals surface area contributed by atoms with E-state index in [1.165, 1.54) is 0 Å². The highest BCUT2D eigenvalue weighted by atomic mass is 79.9. The number of rotatable bonds is 6. The van der Waals surface area contributed by atoms with Crippen molar-refractivity contribution in [3.63, 3.8) is 0 Å². The van der Waals surface area contributed by atoms with E-state index in [0.717, 1.165) is 36.1 Å². The van der Waals surface area contributed by atoms with Crippen molar-refractivity contribution < 1.29 is 9.53 Å². The van der Waals surface area contributed by atoms with Crippen LogP contribution >= 0.6 is 15.9 Å². The van der Waals surface area contributed by atoms with Gasteiger partial charge >= 0.3 is 0 Å². The third-order valence-corrected chi connectivity index (χ3v) is 4.66. The van der Waals surface area contributed by atoms with Gasteiger partial charge < -0.3 is 15.8 Å². The molecule has 1 aromatic rings. The van der Waals surface area contributed by atoms with Crippen LogP contribution < -0.4 is 11.1 Å². The molecule has 2 unspecified atom stereocenters. The summed E-state index contributed by atoms with van der Waals surface area (Å²) < 4.78 is 6.06. The van der Waals surface area contributed by atoms with E-state index in [1.807, 2.05) is 24.3 Å². The maximum absolute atomic E-state index is 12.5. The summed E-state index contributed by atoms with van der Waals surface area (Å²) in [5.74, 6) is -0.131. The Morgan fingerprint density at radius 2 is 2.18 bits per heavy atom. The number of likely N-dealkylation sites (tertiary alicyclic amines) is 1. The minimum atomic E-state index is -1.03. The molecule has 0 aromatic heterocycles. The number of nitrogens with one attached hydrogen (secondary N) is 1. The number of nitrogens with two attached hydrogens (primary N) is 1. The number of nitrogens with zero attached hydrogens (tertiary/aromatic N) is 1. The Labute approximate surface area is 140 Å². The first-order valence-corrected chi connectivity index (χ1v) is 8.30. The number of hydrogen-bond donors (Lipinski definition) is 2. The molecule has 22 heavy (non-hydrogen) atoms. The zero-order valence-corrected chi connectivity index (χ0v) is 14.7. The second kappa shape index (κ2) is 7.55. The molecule has 1 aliphatic rings. The highest BCUT2D eigenvalue weighted by Crippen LogP contribution is 2.21. The van der Waals surface area contributed by atoms with Crippen LogP contribution in [0.4, 0.5) is 0 Å². The van der Waals surface area contributed by atoms with E-state index in [-0.39, 0.29) is 11.9 Å². The number of carbonyl (C=O) groups is 1. The van der Waals surface area contributed by atoms with Crippen molar-refractivity contribution in [2.45, 2.75) is 24.9 Å². The molecule has 5 nitrogen and oxygen atoms in total. The average molecular weight is 370 g/mol. The van der Waals surface area contributed by atoms with Gasteiger partial charge in [-0.2, -0.15) is 0 Å². The van der Waals surface area contributed by atoms with Crippen LogP contribution in [-0.2, 0) is 15.1 Å². The van der Waals surface area contributed by atoms with Gasteiger partial charge in [0.2, 0.25) is 5.91 Å². The Hall–Kier alpha value is -0.950. The fourth-order valence-electron chi connectivity index (χ4n) is 2.64. The molecule has 1 fully saturated rings. The molecular weight excluding hydrogens is 346 g/mol. The Morgan fingerprint density at radius 1 is 1.50 bits per heavy atom. The van der Waals surface area contributed by atoms with Crippen LogP contribution in [0.15, 0.2) is 28.7 Å². The quantitative estimate of drug-likeness (QED) is 0.796. The molecule has 2 rings (SSSR count). The van der Waals surface area contributed by atoms with Crippen molar-refractivity contribution in [2.24, 2.45) is 5.73 Å². The van der Waals surface area contributed by atoms with Gasteiger partial charge in [-0.15, -0.1) is 0 Å². The molecular formula is C16H24BrN3O2. The normalized spacial score (nSPS) is 21.5. The van der Waals surface area contributed by atoms with Crippen molar-refractivity contribution in [1.29, 1.82) is 0 Å². The fraction of sp³-hybridized carbons (Fsp3) is 0.562. The van der Waals surface area contributed by atoms with Crippen molar-refractivity contribution in [1.82, 2.24) is 10.2 Å². The van der Waals surface area contributed by atoms with E-state index in [0.29, 0.717) is 6.61 Å². The van der Waals surface area contributed by atoms with E-state index in [4.69, 9.17) is 10.5 Å². The van der Waals surface area contributed by atoms with Gasteiger partial charge in [-0.1, -0.05) is 28.1 Å². The number of methoxy groups -OCH3 is 1. The molecule has 3 N–H and O–H groups in total. The van der Waals surface area contributed by atoms with Gasteiger partial charge in [0, 0.05) is 37.3 Å². The first-order chi connectivity index (χ1) is 10.4. The van der Waals surface area contributed by atoms with Crippen LogP contribution in [0.1, 0.15) is 18.9 Å². The summed E-state index contributed by atoms with van der Waals surface area (Å²) in [6.07, 6.45) is 0.950. The smallest absolute Gasteiger partial charge is 0.244 e. The van der Waals surface area contributed by atoms with Gasteiger partial charge in [0.1, 0.15) is 5.54 Å². The minimum absolute atomic E-state index is 0.131. The Bertz CT molecular complexity index is 505. The van der Waals surface area contributed by atoms with Crippen LogP contribution in [-0.4, -0.2) is 50.2 Å². The lowest BCUT2D eigenvalue weighted by Crippen LogP contribution is -2.52. The molecule has 122 valence electrons. The minimum Gasteiger partial charge on any atom is -0.383 e. The molecule has 1 saturated heterocycles. The van der Waals surface area contributed by atoms with Crippen LogP contribution in [0.3, 0.4) is 0 Å². The van der Waals surface area contributed by atoms with Crippen LogP contribution in [0.25, 0.3) is 0 Å². The summed E-state index contributed by atoms with van der Waals surface area (Å²) in [6.45, 7) is 5.20. The zero-order chi connectivity index (χ0) is 16.2. The van der Waals surface area contributed by atoms with Crippen molar-refractivity contribution in [2.75, 3.05) is 33.4 Å². The molecule has 0 radical (unpaired) electrons. The van der Waals surface area contributed by atoms with Gasteiger partial charge in [-0.25, -0.2) is 0 Å². The second-order valence-electron chi connectivity index (χ2n) is 5.96. The van der Waals surface area contributed by atoms with E-state index >= 15 is 0 Å². The second-order valence-corrected chi connectivity index (χ2v) is 6.88. The standard InChI is InChI=1S/C16H24BrN3O2/c1-16(18,12-3-5-13(17)6-4-12)15(21)19-14-7-8-20(11-14)9-10-22-2/h3-6,14H,7-11,18H2,1-2H3,(H,19,21). The van der Waals surface area contributed by atoms with Gasteiger partial charge in [-0.3, -0.25) is 9.69 Å². The van der Waals surface area contributed by atoms with Crippen LogP contribution in [0.5, 0.6) is 0 Å². The van der Waals surface area contributed by atoms with Crippen molar-refractivity contribution in [3.8, 4) is 0 Å². The van der Waals surface area contributed by atoms with Crippen LogP contribution in [0, 0.1) is 0 Å². The van der Waals surface area contributed by atoms with Crippen molar-refractivity contribution >= 4 is 21.8 Å². The number of halogens is 1. The Morgan fingerprint density at radius 3 is 2.82 bits per heavy atom. The van der Waals surface area contributed by atoms with Crippen LogP contribution in [0.2, 0.25) is 0 Å². The number of amides is 1. The molecule has 6 heteroatoms. The highest BCUT2D eigenvalue weighted by molar-refractivity contribution is 9.10. The third kappa shape index (κ3) is 4.29. The maximum Gasteiger partial charge on any atom is 0.244 e. The maximum atomic E-state index is 12.5. The average Bonchev–Trinajstić information content (AvgIpc) is 2.93. The van der Waals surface area contributed by atoms with Gasteiger partial charge in [0.15, 0.2) is 0 Å². The SMILES string of the molecule is COCCN1CCC(NC(=O)C(C)(N)c2ccc(Br)cc2)C1. The lowest BCUT2D eigenvalue weighted by molar-refractivity contribution is -0.126. The molecule has 1 aromatic carbocycles. The van der Waals surface area contributed by atoms with Gasteiger partial charge in [-0.05, 0) is 31.0 Å². The number of hydrogen-bond acceptors (Lipinski definition) is 4. The third-order valence-electron chi connectivity index (χ3n) is 4.13. The summed E-state index contributed by atoms with van der Waals surface area (Å²) in [4.78, 5) is 14.8. The van der Waals surface area contributed by atoms with E-state index in [1.54, 1.807) is 14.0 Å². The summed E-state index contributed by atoms with van der Waals surface area (Å²) in [5, 5.41) is 3.08. The summed E-state index contributed by atoms with van der Waals surface area (Å²) in [7, 11) is 1.70. The topological polar surface area (TPSA) is 67.6 Å². The monoisotopic (exact) mass is 369 g/mol. The fourth-order valence-corrected chi connectivity index (χ4v) is 2.90. The lowest BCUT2D eigenvalue weighted by Gasteiger charge is -2.26. The Balaban J connectivity index is 1.92. The summed E-state index contributed by atoms with van der Waals surface area (Å²) in [6, 6.07) is 7.71. The number of ether oxygens (including phenoxy) is 1. The van der Waals surface area contributed by atoms with E-state index < -0.39 is 5.54 Å². The molecule has 1 amide bonds. The molecule has 0 spiro atoms. The molecule has 1 heterocycles. The zero-order valence-electron chi connectivity index (χ0n) is 13.1. The molecule has 0 saturated carbocycles. The molecule has 0 bridgehead atoms. The lowest BCUT2D eigenvalue weighted by atomic mass is 9.92. The van der Waals surface area contributed by atoms with E-state index in [2.05, 4.69) is 26.1 Å². The molecule has 0 aliphatic carbocycles. The van der Waals surface area contributed by atoms with E-state index in [9.17, 15) is 4.79 Å². The first-order valence-electron chi connectivity index (χ1n) is 7.50. The molecule has 2 atom stereocenters. The summed E-state index contributed by atoms with van der Waals surface area (Å²) in [5.41, 5.74) is 6.04. The van der Waals surface area contributed by atoms with Gasteiger partial charge in [0.25, 0.3) is 0 Å². The largest absolute Gasteiger partial charge is 0.383 e. The molecule has 1 aliphatic heterocycles. The predicted molar refractivity (Wildman–Crippen MR) is 90.5 cm³/mol. The predicted octanol–water partition coefficient (Wildman–Crippen LogP) is 1.46. The number of benzene rings is 1. The summed E-state index contributed by atoms with van der Waals surface area (Å²) >= 11 is 3.39. The Kier molecular flexibility index (Phi) is 5.97. The first kappa shape index (κ1) is 17.4. The highest BCUT2D eigenvalue weighted by Gasteiger charge is 2.33. The van der Waals surface area contributed by atoms with Crippen molar-refractivity contribution in [3.05, 3.63) is 34.3 Å². The van der Waals surface area contributed by atoms with Gasteiger partial charge in [0.05, 0.1) is 6.61 Å². The number of carbonyl (C=O) groups excluding carboxylic acids is 1.